The van der Waals surface area contributed by atoms with E-state index in [0.717, 1.165) is 0 Å². The molecule has 19 heavy (non-hydrogen) atoms. The third-order valence-electron chi connectivity index (χ3n) is 2.67. The minimum absolute atomic E-state index is 0.0275. The average molecular weight is 267 g/mol. The summed E-state index contributed by atoms with van der Waals surface area (Å²) in [4.78, 5) is 22.7. The van der Waals surface area contributed by atoms with Crippen LogP contribution >= 0.6 is 0 Å². The standard InChI is InChI=1S/C14H18FNO3/c1-9(2)16-14(19)12(7-8-13(17)18)10-3-5-11(15)6-4-10/h3-6,9,12H,7-8H2,1-2H3,(H,16,19)(H,17,18). The second kappa shape index (κ2) is 6.87. The van der Waals surface area contributed by atoms with Gasteiger partial charge in [0.05, 0.1) is 5.92 Å². The lowest BCUT2D eigenvalue weighted by atomic mass is 9.93. The van der Waals surface area contributed by atoms with Crippen LogP contribution in [0, 0.1) is 5.82 Å². The molecule has 0 spiro atoms. The van der Waals surface area contributed by atoms with E-state index in [1.165, 1.54) is 24.3 Å². The number of aliphatic carboxylic acids is 1. The zero-order valence-corrected chi connectivity index (χ0v) is 11.0. The molecule has 1 atom stereocenters. The fourth-order valence-electron chi connectivity index (χ4n) is 1.80. The quantitative estimate of drug-likeness (QED) is 0.831. The summed E-state index contributed by atoms with van der Waals surface area (Å²) < 4.78 is 12.9. The smallest absolute Gasteiger partial charge is 0.303 e. The molecule has 0 aliphatic carbocycles. The second-order valence-electron chi connectivity index (χ2n) is 4.70. The molecular weight excluding hydrogens is 249 g/mol. The molecule has 0 saturated heterocycles. The van der Waals surface area contributed by atoms with Gasteiger partial charge >= 0.3 is 5.97 Å². The highest BCUT2D eigenvalue weighted by Gasteiger charge is 2.22. The summed E-state index contributed by atoms with van der Waals surface area (Å²) in [5.41, 5.74) is 0.626. The maximum absolute atomic E-state index is 12.9. The molecule has 0 bridgehead atoms. The number of halogens is 1. The molecule has 4 nitrogen and oxygen atoms in total. The van der Waals surface area contributed by atoms with Crippen LogP contribution in [-0.2, 0) is 9.59 Å². The normalized spacial score (nSPS) is 12.2. The summed E-state index contributed by atoms with van der Waals surface area (Å²) in [6, 6.07) is 5.54. The fraction of sp³-hybridized carbons (Fsp3) is 0.429. The minimum atomic E-state index is -0.954. The van der Waals surface area contributed by atoms with Gasteiger partial charge in [0.2, 0.25) is 5.91 Å². The average Bonchev–Trinajstić information content (AvgIpc) is 2.30. The first-order valence-electron chi connectivity index (χ1n) is 6.17. The summed E-state index contributed by atoms with van der Waals surface area (Å²) in [5.74, 6) is -2.14. The molecule has 0 aromatic heterocycles. The Morgan fingerprint density at radius 1 is 1.26 bits per heavy atom. The van der Waals surface area contributed by atoms with Crippen molar-refractivity contribution in [3.05, 3.63) is 35.6 Å². The van der Waals surface area contributed by atoms with E-state index in [2.05, 4.69) is 5.32 Å². The largest absolute Gasteiger partial charge is 0.481 e. The molecule has 1 unspecified atom stereocenters. The van der Waals surface area contributed by atoms with E-state index >= 15 is 0 Å². The van der Waals surface area contributed by atoms with Crippen molar-refractivity contribution in [1.29, 1.82) is 0 Å². The van der Waals surface area contributed by atoms with E-state index in [9.17, 15) is 14.0 Å². The third-order valence-corrected chi connectivity index (χ3v) is 2.67. The molecule has 0 saturated carbocycles. The monoisotopic (exact) mass is 267 g/mol. The zero-order chi connectivity index (χ0) is 14.4. The highest BCUT2D eigenvalue weighted by molar-refractivity contribution is 5.84. The predicted molar refractivity (Wildman–Crippen MR) is 69.3 cm³/mol. The number of amides is 1. The van der Waals surface area contributed by atoms with E-state index in [1.54, 1.807) is 0 Å². The van der Waals surface area contributed by atoms with E-state index < -0.39 is 11.9 Å². The van der Waals surface area contributed by atoms with Crippen LogP contribution < -0.4 is 5.32 Å². The Bertz CT molecular complexity index is 443. The van der Waals surface area contributed by atoms with Gasteiger partial charge < -0.3 is 10.4 Å². The number of carbonyl (C=O) groups is 2. The molecule has 5 heteroatoms. The van der Waals surface area contributed by atoms with E-state index in [-0.39, 0.29) is 30.6 Å². The first-order valence-corrected chi connectivity index (χ1v) is 6.17. The number of carboxylic acid groups (broad SMARTS) is 1. The van der Waals surface area contributed by atoms with Gasteiger partial charge in [-0.25, -0.2) is 4.39 Å². The van der Waals surface area contributed by atoms with Gasteiger partial charge in [0.1, 0.15) is 5.82 Å². The molecule has 1 aromatic carbocycles. The summed E-state index contributed by atoms with van der Waals surface area (Å²) in [6.07, 6.45) is 0.0904. The van der Waals surface area contributed by atoms with Gasteiger partial charge in [-0.3, -0.25) is 9.59 Å². The lowest BCUT2D eigenvalue weighted by Crippen LogP contribution is -2.34. The molecule has 0 aliphatic rings. The van der Waals surface area contributed by atoms with Gasteiger partial charge in [-0.05, 0) is 38.0 Å². The van der Waals surface area contributed by atoms with Crippen LogP contribution in [0.1, 0.15) is 38.2 Å². The molecule has 0 aliphatic heterocycles. The fourth-order valence-corrected chi connectivity index (χ4v) is 1.80. The van der Waals surface area contributed by atoms with Gasteiger partial charge in [0.25, 0.3) is 0 Å². The van der Waals surface area contributed by atoms with Crippen LogP contribution in [0.2, 0.25) is 0 Å². The predicted octanol–water partition coefficient (Wildman–Crippen LogP) is 2.30. The van der Waals surface area contributed by atoms with E-state index in [4.69, 9.17) is 5.11 Å². The van der Waals surface area contributed by atoms with Crippen LogP contribution in [0.15, 0.2) is 24.3 Å². The van der Waals surface area contributed by atoms with Crippen molar-refractivity contribution < 1.29 is 19.1 Å². The first kappa shape index (κ1) is 15.1. The molecular formula is C14H18FNO3. The third kappa shape index (κ3) is 5.07. The number of benzene rings is 1. The summed E-state index contributed by atoms with van der Waals surface area (Å²) in [6.45, 7) is 3.66. The number of nitrogens with one attached hydrogen (secondary N) is 1. The highest BCUT2D eigenvalue weighted by Crippen LogP contribution is 2.22. The SMILES string of the molecule is CC(C)NC(=O)C(CCC(=O)O)c1ccc(F)cc1. The van der Waals surface area contributed by atoms with Crippen molar-refractivity contribution in [1.82, 2.24) is 5.32 Å². The number of hydrogen-bond donors (Lipinski definition) is 2. The Balaban J connectivity index is 2.87. The van der Waals surface area contributed by atoms with Crippen molar-refractivity contribution in [2.75, 3.05) is 0 Å². The summed E-state index contributed by atoms with van der Waals surface area (Å²) in [7, 11) is 0. The van der Waals surface area contributed by atoms with E-state index in [1.807, 2.05) is 13.8 Å². The van der Waals surface area contributed by atoms with Gasteiger partial charge in [-0.1, -0.05) is 12.1 Å². The van der Waals surface area contributed by atoms with Crippen LogP contribution in [-0.4, -0.2) is 23.0 Å². The molecule has 1 aromatic rings. The van der Waals surface area contributed by atoms with Crippen molar-refractivity contribution >= 4 is 11.9 Å². The van der Waals surface area contributed by atoms with Crippen LogP contribution in [0.4, 0.5) is 4.39 Å². The van der Waals surface area contributed by atoms with E-state index in [0.29, 0.717) is 5.56 Å². The van der Waals surface area contributed by atoms with Crippen LogP contribution in [0.25, 0.3) is 0 Å². The molecule has 0 heterocycles. The molecule has 0 fully saturated rings. The Kier molecular flexibility index (Phi) is 5.48. The highest BCUT2D eigenvalue weighted by atomic mass is 19.1. The maximum atomic E-state index is 12.9. The van der Waals surface area contributed by atoms with Gasteiger partial charge in [0, 0.05) is 12.5 Å². The Morgan fingerprint density at radius 2 is 1.84 bits per heavy atom. The maximum Gasteiger partial charge on any atom is 0.303 e. The Labute approximate surface area is 111 Å². The molecule has 1 rings (SSSR count). The van der Waals surface area contributed by atoms with Gasteiger partial charge in [-0.15, -0.1) is 0 Å². The van der Waals surface area contributed by atoms with Gasteiger partial charge in [-0.2, -0.15) is 0 Å². The number of carbonyl (C=O) groups excluding carboxylic acids is 1. The van der Waals surface area contributed by atoms with Gasteiger partial charge in [0.15, 0.2) is 0 Å². The second-order valence-corrected chi connectivity index (χ2v) is 4.70. The molecule has 1 amide bonds. The van der Waals surface area contributed by atoms with Crippen molar-refractivity contribution in [3.63, 3.8) is 0 Å². The Morgan fingerprint density at radius 3 is 2.32 bits per heavy atom. The zero-order valence-electron chi connectivity index (χ0n) is 11.0. The topological polar surface area (TPSA) is 66.4 Å². The van der Waals surface area contributed by atoms with Crippen molar-refractivity contribution in [3.8, 4) is 0 Å². The summed E-state index contributed by atoms with van der Waals surface area (Å²) in [5, 5.41) is 11.5. The number of hydrogen-bond acceptors (Lipinski definition) is 2. The van der Waals surface area contributed by atoms with Crippen molar-refractivity contribution in [2.45, 2.75) is 38.6 Å². The first-order chi connectivity index (χ1) is 8.90. The van der Waals surface area contributed by atoms with Crippen molar-refractivity contribution in [2.24, 2.45) is 0 Å². The lowest BCUT2D eigenvalue weighted by Gasteiger charge is -2.18. The summed E-state index contributed by atoms with van der Waals surface area (Å²) >= 11 is 0. The Hall–Kier alpha value is -1.91. The minimum Gasteiger partial charge on any atom is -0.481 e. The molecule has 104 valence electrons. The molecule has 2 N–H and O–H groups in total. The number of rotatable bonds is 6. The van der Waals surface area contributed by atoms with Crippen LogP contribution in [0.3, 0.4) is 0 Å². The lowest BCUT2D eigenvalue weighted by molar-refractivity contribution is -0.137. The molecule has 0 radical (unpaired) electrons. The van der Waals surface area contributed by atoms with Crippen LogP contribution in [0.5, 0.6) is 0 Å². The number of carboxylic acids is 1.